The van der Waals surface area contributed by atoms with Crippen LogP contribution in [0.15, 0.2) is 43.0 Å². The van der Waals surface area contributed by atoms with E-state index >= 15 is 0 Å². The Balaban J connectivity index is 2.13. The van der Waals surface area contributed by atoms with Gasteiger partial charge in [0.2, 0.25) is 0 Å². The van der Waals surface area contributed by atoms with Gasteiger partial charge in [0, 0.05) is 13.1 Å². The molecule has 0 spiro atoms. The molecule has 1 N–H and O–H groups in total. The monoisotopic (exact) mass is 205 g/mol. The van der Waals surface area contributed by atoms with Gasteiger partial charge in [-0.3, -0.25) is 0 Å². The van der Waals surface area contributed by atoms with Crippen LogP contribution in [0, 0.1) is 0 Å². The van der Waals surface area contributed by atoms with Crippen molar-refractivity contribution < 1.29 is 4.74 Å². The number of hydrogen-bond donors (Lipinski definition) is 1. The lowest BCUT2D eigenvalue weighted by atomic mass is 10.2. The molecule has 0 radical (unpaired) electrons. The Morgan fingerprint density at radius 3 is 2.80 bits per heavy atom. The fraction of sp³-hybridized carbons (Fsp3) is 0.385. The van der Waals surface area contributed by atoms with E-state index in [0.717, 1.165) is 13.1 Å². The molecule has 0 bridgehead atoms. The molecule has 0 aliphatic carbocycles. The van der Waals surface area contributed by atoms with E-state index in [1.54, 1.807) is 6.08 Å². The van der Waals surface area contributed by atoms with Gasteiger partial charge in [0.15, 0.2) is 0 Å². The summed E-state index contributed by atoms with van der Waals surface area (Å²) in [6, 6.07) is 10.4. The van der Waals surface area contributed by atoms with Crippen LogP contribution in [0.4, 0.5) is 0 Å². The molecule has 2 nitrogen and oxygen atoms in total. The van der Waals surface area contributed by atoms with Crippen LogP contribution >= 0.6 is 0 Å². The average Bonchev–Trinajstić information content (AvgIpc) is 2.28. The second kappa shape index (κ2) is 7.21. The van der Waals surface area contributed by atoms with Crippen LogP contribution in [0.2, 0.25) is 0 Å². The fourth-order valence-corrected chi connectivity index (χ4v) is 1.31. The third-order valence-corrected chi connectivity index (χ3v) is 2.10. The molecule has 82 valence electrons. The summed E-state index contributed by atoms with van der Waals surface area (Å²) in [5, 5.41) is 3.35. The van der Waals surface area contributed by atoms with Gasteiger partial charge in [-0.25, -0.2) is 0 Å². The lowest BCUT2D eigenvalue weighted by Crippen LogP contribution is -2.26. The third kappa shape index (κ3) is 5.35. The highest BCUT2D eigenvalue weighted by molar-refractivity contribution is 5.14. The van der Waals surface area contributed by atoms with Crippen molar-refractivity contribution in [1.29, 1.82) is 0 Å². The Morgan fingerprint density at radius 1 is 1.40 bits per heavy atom. The first-order chi connectivity index (χ1) is 7.33. The molecule has 1 aromatic rings. The predicted molar refractivity (Wildman–Crippen MR) is 63.8 cm³/mol. The van der Waals surface area contributed by atoms with Crippen molar-refractivity contribution in [2.75, 3.05) is 13.2 Å². The van der Waals surface area contributed by atoms with Crippen LogP contribution in [-0.2, 0) is 11.3 Å². The molecule has 1 rings (SSSR count). The molecule has 0 aliphatic rings. The normalized spacial score (nSPS) is 12.3. The van der Waals surface area contributed by atoms with E-state index in [0.29, 0.717) is 6.61 Å². The highest BCUT2D eigenvalue weighted by Crippen LogP contribution is 1.97. The van der Waals surface area contributed by atoms with Gasteiger partial charge in [-0.2, -0.15) is 0 Å². The summed E-state index contributed by atoms with van der Waals surface area (Å²) < 4.78 is 5.45. The molecule has 1 aromatic carbocycles. The zero-order valence-electron chi connectivity index (χ0n) is 9.28. The van der Waals surface area contributed by atoms with Crippen LogP contribution in [-0.4, -0.2) is 19.3 Å². The molecular formula is C13H19NO. The smallest absolute Gasteiger partial charge is 0.0675 e. The van der Waals surface area contributed by atoms with Gasteiger partial charge in [0.1, 0.15) is 0 Å². The van der Waals surface area contributed by atoms with Crippen LogP contribution in [0.1, 0.15) is 12.5 Å². The van der Waals surface area contributed by atoms with Crippen molar-refractivity contribution in [1.82, 2.24) is 5.32 Å². The molecule has 0 amide bonds. The molecule has 1 atom stereocenters. The lowest BCUT2D eigenvalue weighted by molar-refractivity contribution is 0.0877. The highest BCUT2D eigenvalue weighted by atomic mass is 16.5. The topological polar surface area (TPSA) is 21.3 Å². The van der Waals surface area contributed by atoms with E-state index in [1.807, 2.05) is 6.07 Å². The van der Waals surface area contributed by atoms with E-state index in [1.165, 1.54) is 5.56 Å². The van der Waals surface area contributed by atoms with Crippen molar-refractivity contribution in [2.24, 2.45) is 0 Å². The number of ether oxygens (including phenoxy) is 1. The molecular weight excluding hydrogens is 186 g/mol. The van der Waals surface area contributed by atoms with E-state index in [4.69, 9.17) is 4.74 Å². The van der Waals surface area contributed by atoms with E-state index in [-0.39, 0.29) is 6.10 Å². The minimum absolute atomic E-state index is 0.228. The van der Waals surface area contributed by atoms with Crippen LogP contribution < -0.4 is 5.32 Å². The molecule has 15 heavy (non-hydrogen) atoms. The van der Waals surface area contributed by atoms with Gasteiger partial charge in [-0.05, 0) is 12.5 Å². The highest BCUT2D eigenvalue weighted by Gasteiger charge is 1.99. The first-order valence-electron chi connectivity index (χ1n) is 5.30. The van der Waals surface area contributed by atoms with Crippen molar-refractivity contribution in [2.45, 2.75) is 19.6 Å². The standard InChI is InChI=1S/C13H19NO/c1-3-9-15-12(2)10-14-11-13-7-5-4-6-8-13/h3-8,12,14H,1,9-11H2,2H3. The number of rotatable bonds is 7. The van der Waals surface area contributed by atoms with Crippen molar-refractivity contribution >= 4 is 0 Å². The summed E-state index contributed by atoms with van der Waals surface area (Å²) in [6.07, 6.45) is 2.00. The van der Waals surface area contributed by atoms with E-state index in [9.17, 15) is 0 Å². The van der Waals surface area contributed by atoms with Crippen LogP contribution in [0.25, 0.3) is 0 Å². The SMILES string of the molecule is C=CCOC(C)CNCc1ccccc1. The van der Waals surface area contributed by atoms with Gasteiger partial charge >= 0.3 is 0 Å². The zero-order chi connectivity index (χ0) is 10.9. The second-order valence-corrected chi connectivity index (χ2v) is 3.55. The molecule has 0 aromatic heterocycles. The quantitative estimate of drug-likeness (QED) is 0.690. The Bertz CT molecular complexity index is 271. The molecule has 0 heterocycles. The predicted octanol–water partition coefficient (Wildman–Crippen LogP) is 2.37. The Morgan fingerprint density at radius 2 is 2.13 bits per heavy atom. The summed E-state index contributed by atoms with van der Waals surface area (Å²) in [7, 11) is 0. The lowest BCUT2D eigenvalue weighted by Gasteiger charge is -2.12. The maximum absolute atomic E-state index is 5.45. The van der Waals surface area contributed by atoms with Gasteiger partial charge in [0.25, 0.3) is 0 Å². The van der Waals surface area contributed by atoms with Crippen molar-refractivity contribution in [3.05, 3.63) is 48.6 Å². The summed E-state index contributed by atoms with van der Waals surface area (Å²) in [4.78, 5) is 0. The number of hydrogen-bond acceptors (Lipinski definition) is 2. The Hall–Kier alpha value is -1.12. The van der Waals surface area contributed by atoms with Crippen LogP contribution in [0.3, 0.4) is 0 Å². The summed E-state index contributed by atoms with van der Waals surface area (Å²) in [6.45, 7) is 8.05. The average molecular weight is 205 g/mol. The maximum Gasteiger partial charge on any atom is 0.0675 e. The van der Waals surface area contributed by atoms with Gasteiger partial charge in [-0.15, -0.1) is 6.58 Å². The molecule has 0 aliphatic heterocycles. The number of nitrogens with one attached hydrogen (secondary N) is 1. The van der Waals surface area contributed by atoms with Crippen molar-refractivity contribution in [3.63, 3.8) is 0 Å². The third-order valence-electron chi connectivity index (χ3n) is 2.10. The maximum atomic E-state index is 5.45. The molecule has 0 saturated carbocycles. The minimum atomic E-state index is 0.228. The van der Waals surface area contributed by atoms with E-state index < -0.39 is 0 Å². The van der Waals surface area contributed by atoms with Crippen molar-refractivity contribution in [3.8, 4) is 0 Å². The molecule has 0 fully saturated rings. The summed E-state index contributed by atoms with van der Waals surface area (Å²) in [5.41, 5.74) is 1.30. The van der Waals surface area contributed by atoms with Gasteiger partial charge in [0.05, 0.1) is 12.7 Å². The molecule has 1 unspecified atom stereocenters. The van der Waals surface area contributed by atoms with Crippen LogP contribution in [0.5, 0.6) is 0 Å². The fourth-order valence-electron chi connectivity index (χ4n) is 1.31. The summed E-state index contributed by atoms with van der Waals surface area (Å²) >= 11 is 0. The van der Waals surface area contributed by atoms with Gasteiger partial charge < -0.3 is 10.1 Å². The molecule has 0 saturated heterocycles. The Labute approximate surface area is 92.0 Å². The largest absolute Gasteiger partial charge is 0.373 e. The molecule has 2 heteroatoms. The van der Waals surface area contributed by atoms with Gasteiger partial charge in [-0.1, -0.05) is 36.4 Å². The first kappa shape index (κ1) is 12.0. The minimum Gasteiger partial charge on any atom is -0.373 e. The first-order valence-corrected chi connectivity index (χ1v) is 5.30. The van der Waals surface area contributed by atoms with E-state index in [2.05, 4.69) is 43.1 Å². The number of benzene rings is 1. The summed E-state index contributed by atoms with van der Waals surface area (Å²) in [5.74, 6) is 0. The second-order valence-electron chi connectivity index (χ2n) is 3.55. The Kier molecular flexibility index (Phi) is 5.74. The zero-order valence-corrected chi connectivity index (χ0v) is 9.28.